The van der Waals surface area contributed by atoms with E-state index in [9.17, 15) is 22.8 Å². The number of amides is 2. The van der Waals surface area contributed by atoms with E-state index in [0.29, 0.717) is 54.6 Å². The number of halogens is 3. The number of carbonyl (C=O) groups is 2. The number of aromatic nitrogens is 2. The first kappa shape index (κ1) is 29.3. The topological polar surface area (TPSA) is 73.2 Å². The van der Waals surface area contributed by atoms with Crippen LogP contribution >= 0.6 is 11.3 Å². The van der Waals surface area contributed by atoms with E-state index in [2.05, 4.69) is 20.1 Å². The molecule has 1 N–H and O–H groups in total. The Hall–Kier alpha value is -3.74. The lowest BCUT2D eigenvalue weighted by Gasteiger charge is -2.27. The van der Waals surface area contributed by atoms with Crippen LogP contribution in [-0.2, 0) is 25.7 Å². The maximum absolute atomic E-state index is 13.8. The summed E-state index contributed by atoms with van der Waals surface area (Å²) in [6.07, 6.45) is -1.52. The molecule has 8 nitrogen and oxygen atoms in total. The molecular weight excluding hydrogens is 577 g/mol. The summed E-state index contributed by atoms with van der Waals surface area (Å²) >= 11 is 1.38. The molecule has 226 valence electrons. The summed E-state index contributed by atoms with van der Waals surface area (Å²) in [5, 5.41) is 4.46. The zero-order valence-corrected chi connectivity index (χ0v) is 25.1. The van der Waals surface area contributed by atoms with Crippen molar-refractivity contribution in [3.05, 3.63) is 86.5 Å². The molecule has 1 aromatic carbocycles. The number of likely N-dealkylation sites (tertiary alicyclic amines) is 1. The fraction of sp³-hybridized carbons (Fsp3) is 0.387. The van der Waals surface area contributed by atoms with E-state index in [1.165, 1.54) is 17.4 Å². The van der Waals surface area contributed by atoms with Gasteiger partial charge in [-0.2, -0.15) is 13.2 Å². The third-order valence-electron chi connectivity index (χ3n) is 8.38. The lowest BCUT2D eigenvalue weighted by molar-refractivity contribution is -0.137. The van der Waals surface area contributed by atoms with Crippen molar-refractivity contribution in [1.82, 2.24) is 24.1 Å². The molecule has 0 bridgehead atoms. The number of imidazole rings is 1. The van der Waals surface area contributed by atoms with Gasteiger partial charge in [-0.25, -0.2) is 4.98 Å². The van der Waals surface area contributed by atoms with Crippen LogP contribution in [0.1, 0.15) is 54.5 Å². The van der Waals surface area contributed by atoms with Crippen molar-refractivity contribution in [2.45, 2.75) is 45.1 Å². The maximum Gasteiger partial charge on any atom is 0.416 e. The van der Waals surface area contributed by atoms with Crippen LogP contribution in [0.25, 0.3) is 5.65 Å². The van der Waals surface area contributed by atoms with Crippen molar-refractivity contribution in [1.29, 1.82) is 0 Å². The lowest BCUT2D eigenvalue weighted by atomic mass is 10.0. The maximum atomic E-state index is 13.8. The highest BCUT2D eigenvalue weighted by molar-refractivity contribution is 7.10. The van der Waals surface area contributed by atoms with Crippen LogP contribution in [0.3, 0.4) is 0 Å². The zero-order chi connectivity index (χ0) is 30.5. The van der Waals surface area contributed by atoms with Crippen molar-refractivity contribution in [2.24, 2.45) is 0 Å². The number of benzene rings is 1. The van der Waals surface area contributed by atoms with Crippen molar-refractivity contribution >= 4 is 34.5 Å². The number of thiophene rings is 1. The highest BCUT2D eigenvalue weighted by atomic mass is 32.1. The Morgan fingerprint density at radius 3 is 2.72 bits per heavy atom. The third-order valence-corrected chi connectivity index (χ3v) is 9.40. The minimum absolute atomic E-state index is 0.119. The zero-order valence-electron chi connectivity index (χ0n) is 24.2. The van der Waals surface area contributed by atoms with Gasteiger partial charge in [0.25, 0.3) is 11.8 Å². The fourth-order valence-corrected chi connectivity index (χ4v) is 7.15. The second-order valence-electron chi connectivity index (χ2n) is 11.5. The number of hydrogen-bond acceptors (Lipinski definition) is 6. The predicted molar refractivity (Wildman–Crippen MR) is 159 cm³/mol. The van der Waals surface area contributed by atoms with Crippen LogP contribution in [0.4, 0.5) is 18.9 Å². The average molecular weight is 611 g/mol. The van der Waals surface area contributed by atoms with E-state index < -0.39 is 17.6 Å². The van der Waals surface area contributed by atoms with Crippen molar-refractivity contribution < 1.29 is 22.8 Å². The molecule has 2 amide bonds. The normalized spacial score (nSPS) is 17.6. The van der Waals surface area contributed by atoms with E-state index in [1.807, 2.05) is 43.6 Å². The SMILES string of the molecule is Cc1cccc2ncc(C(=O)N3CCc4c(C(=O)Nc5cc(CN6CC[C@@H](N(C)C)C6)cc(C(F)(F)F)c5)csc4C3)n12. The van der Waals surface area contributed by atoms with Crippen molar-refractivity contribution in [3.8, 4) is 0 Å². The monoisotopic (exact) mass is 610 g/mol. The van der Waals surface area contributed by atoms with Gasteiger partial charge >= 0.3 is 6.18 Å². The molecule has 12 heteroatoms. The molecule has 1 fully saturated rings. The average Bonchev–Trinajstić information content (AvgIpc) is 3.70. The Balaban J connectivity index is 1.18. The molecule has 0 radical (unpaired) electrons. The van der Waals surface area contributed by atoms with Crippen molar-refractivity contribution in [3.63, 3.8) is 0 Å². The van der Waals surface area contributed by atoms with Crippen LogP contribution in [0, 0.1) is 6.92 Å². The quantitative estimate of drug-likeness (QED) is 0.321. The van der Waals surface area contributed by atoms with Gasteiger partial charge in [0, 0.05) is 53.9 Å². The molecule has 5 heterocycles. The highest BCUT2D eigenvalue weighted by Crippen LogP contribution is 2.34. The number of carbonyl (C=O) groups excluding carboxylic acids is 2. The molecule has 0 spiro atoms. The van der Waals surface area contributed by atoms with Crippen molar-refractivity contribution in [2.75, 3.05) is 39.0 Å². The molecule has 2 aliphatic rings. The molecule has 6 rings (SSSR count). The highest BCUT2D eigenvalue weighted by Gasteiger charge is 2.33. The van der Waals surface area contributed by atoms with Gasteiger partial charge in [-0.05, 0) is 75.3 Å². The third kappa shape index (κ3) is 5.91. The van der Waals surface area contributed by atoms with Crippen LogP contribution in [0.5, 0.6) is 0 Å². The first-order chi connectivity index (χ1) is 20.5. The lowest BCUT2D eigenvalue weighted by Crippen LogP contribution is -2.36. The number of hydrogen-bond donors (Lipinski definition) is 1. The summed E-state index contributed by atoms with van der Waals surface area (Å²) in [5.41, 5.74) is 3.20. The molecule has 0 unspecified atom stereocenters. The fourth-order valence-electron chi connectivity index (χ4n) is 6.06. The van der Waals surface area contributed by atoms with E-state index in [4.69, 9.17) is 0 Å². The first-order valence-electron chi connectivity index (χ1n) is 14.2. The Labute approximate surface area is 251 Å². The van der Waals surface area contributed by atoms with Crippen LogP contribution < -0.4 is 5.32 Å². The Bertz CT molecular complexity index is 1690. The number of rotatable bonds is 6. The smallest absolute Gasteiger partial charge is 0.332 e. The van der Waals surface area contributed by atoms with E-state index in [1.54, 1.807) is 22.5 Å². The van der Waals surface area contributed by atoms with Gasteiger partial charge < -0.3 is 15.1 Å². The summed E-state index contributed by atoms with van der Waals surface area (Å²) in [6.45, 7) is 4.65. The second kappa shape index (κ2) is 11.4. The minimum Gasteiger partial charge on any atom is -0.332 e. The molecule has 1 saturated heterocycles. The molecule has 2 aliphatic heterocycles. The number of likely N-dealkylation sites (N-methyl/N-ethyl adjacent to an activating group) is 1. The molecule has 1 atom stereocenters. The number of aryl methyl sites for hydroxylation is 1. The van der Waals surface area contributed by atoms with Gasteiger partial charge in [0.15, 0.2) is 0 Å². The van der Waals surface area contributed by atoms with Gasteiger partial charge in [0.2, 0.25) is 0 Å². The Morgan fingerprint density at radius 1 is 1.16 bits per heavy atom. The van der Waals surface area contributed by atoms with Gasteiger partial charge in [0.1, 0.15) is 11.3 Å². The van der Waals surface area contributed by atoms with Gasteiger partial charge in [0.05, 0.1) is 23.9 Å². The largest absolute Gasteiger partial charge is 0.416 e. The number of alkyl halides is 3. The molecule has 0 aliphatic carbocycles. The first-order valence-corrected chi connectivity index (χ1v) is 15.1. The molecular formula is C31H33F3N6O2S. The number of nitrogens with one attached hydrogen (secondary N) is 1. The molecule has 43 heavy (non-hydrogen) atoms. The summed E-state index contributed by atoms with van der Waals surface area (Å²) in [4.78, 5) is 38.1. The number of pyridine rings is 1. The summed E-state index contributed by atoms with van der Waals surface area (Å²) in [5.74, 6) is -0.591. The second-order valence-corrected chi connectivity index (χ2v) is 12.5. The minimum atomic E-state index is -4.54. The predicted octanol–water partition coefficient (Wildman–Crippen LogP) is 5.31. The van der Waals surface area contributed by atoms with Crippen LogP contribution in [0.15, 0.2) is 48.0 Å². The molecule has 0 saturated carbocycles. The summed E-state index contributed by atoms with van der Waals surface area (Å²) in [7, 11) is 4.01. The summed E-state index contributed by atoms with van der Waals surface area (Å²) < 4.78 is 43.3. The number of fused-ring (bicyclic) bond motifs is 2. The van der Waals surface area contributed by atoms with E-state index >= 15 is 0 Å². The molecule has 4 aromatic rings. The number of anilines is 1. The van der Waals surface area contributed by atoms with Gasteiger partial charge in [-0.15, -0.1) is 11.3 Å². The Morgan fingerprint density at radius 2 is 1.98 bits per heavy atom. The van der Waals surface area contributed by atoms with Crippen LogP contribution in [-0.4, -0.2) is 75.7 Å². The van der Waals surface area contributed by atoms with E-state index in [-0.39, 0.29) is 11.6 Å². The van der Waals surface area contributed by atoms with Crippen LogP contribution in [0.2, 0.25) is 0 Å². The van der Waals surface area contributed by atoms with Gasteiger partial charge in [-0.1, -0.05) is 6.07 Å². The summed E-state index contributed by atoms with van der Waals surface area (Å²) in [6, 6.07) is 9.82. The van der Waals surface area contributed by atoms with Gasteiger partial charge in [-0.3, -0.25) is 18.9 Å². The number of nitrogens with zero attached hydrogens (tertiary/aromatic N) is 5. The van der Waals surface area contributed by atoms with E-state index in [0.717, 1.165) is 41.7 Å². The standard InChI is InChI=1S/C31H33F3N6O2S/c1-19-5-4-6-28-35-14-26(40(19)28)30(42)39-10-8-24-25(18-43-27(24)17-39)29(41)36-22-12-20(11-21(13-22)31(32,33)34)15-38-9-7-23(16-38)37(2)3/h4-6,11-14,18,23H,7-10,15-17H2,1-3H3,(H,36,41)/t23-/m1/s1. The molecule has 3 aromatic heterocycles. The Kier molecular flexibility index (Phi) is 7.78.